The molecule has 1 aromatic carbocycles. The number of amides is 1. The summed E-state index contributed by atoms with van der Waals surface area (Å²) in [7, 11) is 2.01. The van der Waals surface area contributed by atoms with Crippen molar-refractivity contribution in [3.05, 3.63) is 45.6 Å². The summed E-state index contributed by atoms with van der Waals surface area (Å²) in [6, 6.07) is 4.00. The molecule has 0 aliphatic carbocycles. The lowest BCUT2D eigenvalue weighted by Crippen LogP contribution is -2.37. The molecule has 23 heavy (non-hydrogen) atoms. The Labute approximate surface area is 133 Å². The van der Waals surface area contributed by atoms with Crippen molar-refractivity contribution >= 4 is 16.9 Å². The van der Waals surface area contributed by atoms with Crippen LogP contribution in [0.4, 0.5) is 4.39 Å². The molecule has 0 atom stereocenters. The molecular formula is C17H19FN2O3. The Morgan fingerprint density at radius 3 is 2.78 bits per heavy atom. The van der Waals surface area contributed by atoms with Crippen molar-refractivity contribution in [1.82, 2.24) is 9.80 Å². The van der Waals surface area contributed by atoms with Gasteiger partial charge in [-0.3, -0.25) is 4.79 Å². The monoisotopic (exact) mass is 318 g/mol. The van der Waals surface area contributed by atoms with E-state index in [1.54, 1.807) is 11.8 Å². The van der Waals surface area contributed by atoms with Crippen molar-refractivity contribution in [3.8, 4) is 0 Å². The molecule has 1 amide bonds. The number of fused-ring (bicyclic) bond motifs is 1. The molecule has 2 heterocycles. The number of rotatable bonds is 1. The van der Waals surface area contributed by atoms with E-state index in [-0.39, 0.29) is 17.1 Å². The number of carbonyl (C=O) groups is 1. The summed E-state index contributed by atoms with van der Waals surface area (Å²) in [5, 5.41) is 0.585. The molecule has 122 valence electrons. The van der Waals surface area contributed by atoms with Gasteiger partial charge in [-0.15, -0.1) is 0 Å². The SMILES string of the molecule is Cc1c(C(=O)N2CCCN(C)CC2)c(=O)oc2cc(F)ccc12. The highest BCUT2D eigenvalue weighted by molar-refractivity contribution is 5.99. The fraction of sp³-hybridized carbons (Fsp3) is 0.412. The summed E-state index contributed by atoms with van der Waals surface area (Å²) in [4.78, 5) is 28.9. The van der Waals surface area contributed by atoms with Gasteiger partial charge in [-0.1, -0.05) is 0 Å². The van der Waals surface area contributed by atoms with Crippen molar-refractivity contribution in [2.45, 2.75) is 13.3 Å². The molecule has 0 N–H and O–H groups in total. The number of hydrogen-bond donors (Lipinski definition) is 0. The molecule has 2 aromatic rings. The molecule has 0 saturated carbocycles. The van der Waals surface area contributed by atoms with Gasteiger partial charge >= 0.3 is 5.63 Å². The number of carbonyl (C=O) groups excluding carboxylic acids is 1. The van der Waals surface area contributed by atoms with Crippen LogP contribution in [-0.4, -0.2) is 48.9 Å². The van der Waals surface area contributed by atoms with E-state index in [0.717, 1.165) is 19.5 Å². The van der Waals surface area contributed by atoms with Gasteiger partial charge in [-0.05, 0) is 44.6 Å². The van der Waals surface area contributed by atoms with Crippen LogP contribution >= 0.6 is 0 Å². The van der Waals surface area contributed by atoms with Crippen molar-refractivity contribution in [2.75, 3.05) is 33.2 Å². The minimum absolute atomic E-state index is 0.0497. The highest BCUT2D eigenvalue weighted by Crippen LogP contribution is 2.21. The van der Waals surface area contributed by atoms with Gasteiger partial charge in [0.15, 0.2) is 0 Å². The van der Waals surface area contributed by atoms with Gasteiger partial charge in [-0.25, -0.2) is 9.18 Å². The van der Waals surface area contributed by atoms with Crippen LogP contribution in [0, 0.1) is 12.7 Å². The van der Waals surface area contributed by atoms with Gasteiger partial charge in [0, 0.05) is 31.1 Å². The summed E-state index contributed by atoms with van der Waals surface area (Å²) in [5.41, 5.74) is 0.0513. The smallest absolute Gasteiger partial charge is 0.349 e. The Morgan fingerprint density at radius 2 is 2.00 bits per heavy atom. The van der Waals surface area contributed by atoms with E-state index in [4.69, 9.17) is 4.42 Å². The molecule has 1 aliphatic heterocycles. The lowest BCUT2D eigenvalue weighted by molar-refractivity contribution is 0.0758. The molecule has 5 nitrogen and oxygen atoms in total. The molecule has 0 unspecified atom stereocenters. The predicted octanol–water partition coefficient (Wildman–Crippen LogP) is 2.02. The molecule has 0 spiro atoms. The van der Waals surface area contributed by atoms with Crippen LogP contribution in [0.15, 0.2) is 27.4 Å². The number of nitrogens with zero attached hydrogens (tertiary/aromatic N) is 2. The summed E-state index contributed by atoms with van der Waals surface area (Å²) < 4.78 is 18.5. The Balaban J connectivity index is 2.03. The van der Waals surface area contributed by atoms with E-state index in [2.05, 4.69) is 4.90 Å². The highest BCUT2D eigenvalue weighted by atomic mass is 19.1. The lowest BCUT2D eigenvalue weighted by atomic mass is 10.0. The molecule has 1 saturated heterocycles. The number of benzene rings is 1. The van der Waals surface area contributed by atoms with Gasteiger partial charge in [0.1, 0.15) is 17.0 Å². The number of hydrogen-bond acceptors (Lipinski definition) is 4. The maximum absolute atomic E-state index is 13.3. The third-order valence-electron chi connectivity index (χ3n) is 4.35. The normalized spacial score (nSPS) is 16.6. The predicted molar refractivity (Wildman–Crippen MR) is 85.2 cm³/mol. The van der Waals surface area contributed by atoms with Crippen LogP contribution in [0.25, 0.3) is 11.0 Å². The summed E-state index contributed by atoms with van der Waals surface area (Å²) >= 11 is 0. The Kier molecular flexibility index (Phi) is 4.17. The minimum atomic E-state index is -0.705. The second-order valence-electron chi connectivity index (χ2n) is 5.98. The van der Waals surface area contributed by atoms with Gasteiger partial charge in [0.2, 0.25) is 0 Å². The third kappa shape index (κ3) is 2.99. The van der Waals surface area contributed by atoms with Crippen LogP contribution in [-0.2, 0) is 0 Å². The van der Waals surface area contributed by atoms with Gasteiger partial charge < -0.3 is 14.2 Å². The van der Waals surface area contributed by atoms with Crippen LogP contribution < -0.4 is 5.63 Å². The van der Waals surface area contributed by atoms with Crippen LogP contribution in [0.2, 0.25) is 0 Å². The van der Waals surface area contributed by atoms with Crippen molar-refractivity contribution in [3.63, 3.8) is 0 Å². The topological polar surface area (TPSA) is 53.8 Å². The second-order valence-corrected chi connectivity index (χ2v) is 5.98. The average Bonchev–Trinajstić information content (AvgIpc) is 2.71. The molecule has 0 bridgehead atoms. The van der Waals surface area contributed by atoms with E-state index in [1.807, 2.05) is 7.05 Å². The Morgan fingerprint density at radius 1 is 1.22 bits per heavy atom. The molecular weight excluding hydrogens is 299 g/mol. The zero-order chi connectivity index (χ0) is 16.6. The van der Waals surface area contributed by atoms with Crippen molar-refractivity contribution in [2.24, 2.45) is 0 Å². The fourth-order valence-corrected chi connectivity index (χ4v) is 2.98. The highest BCUT2D eigenvalue weighted by Gasteiger charge is 2.25. The number of likely N-dealkylation sites (N-methyl/N-ethyl adjacent to an activating group) is 1. The quantitative estimate of drug-likeness (QED) is 0.755. The Bertz CT molecular complexity index is 815. The first-order valence-corrected chi connectivity index (χ1v) is 7.68. The standard InChI is InChI=1S/C17H19FN2O3/c1-11-13-5-4-12(18)10-14(13)23-17(22)15(11)16(21)20-7-3-6-19(2)8-9-20/h4-5,10H,3,6-9H2,1-2H3. The zero-order valence-electron chi connectivity index (χ0n) is 13.3. The minimum Gasteiger partial charge on any atom is -0.422 e. The van der Waals surface area contributed by atoms with Crippen LogP contribution in [0.1, 0.15) is 22.3 Å². The van der Waals surface area contributed by atoms with E-state index < -0.39 is 11.4 Å². The van der Waals surface area contributed by atoms with E-state index >= 15 is 0 Å². The first kappa shape index (κ1) is 15.7. The van der Waals surface area contributed by atoms with Crippen molar-refractivity contribution < 1.29 is 13.6 Å². The molecule has 1 aromatic heterocycles. The van der Waals surface area contributed by atoms with E-state index in [0.29, 0.717) is 24.0 Å². The van der Waals surface area contributed by atoms with E-state index in [9.17, 15) is 14.0 Å². The molecule has 3 rings (SSSR count). The van der Waals surface area contributed by atoms with Gasteiger partial charge in [-0.2, -0.15) is 0 Å². The molecule has 0 radical (unpaired) electrons. The van der Waals surface area contributed by atoms with Crippen LogP contribution in [0.5, 0.6) is 0 Å². The average molecular weight is 318 g/mol. The van der Waals surface area contributed by atoms with E-state index in [1.165, 1.54) is 18.2 Å². The van der Waals surface area contributed by atoms with Gasteiger partial charge in [0.05, 0.1) is 0 Å². The second kappa shape index (κ2) is 6.12. The fourth-order valence-electron chi connectivity index (χ4n) is 2.98. The number of aryl methyl sites for hydroxylation is 1. The first-order valence-electron chi connectivity index (χ1n) is 7.68. The van der Waals surface area contributed by atoms with Crippen LogP contribution in [0.3, 0.4) is 0 Å². The summed E-state index contributed by atoms with van der Waals surface area (Å²) in [6.07, 6.45) is 0.866. The maximum atomic E-state index is 13.3. The molecule has 1 fully saturated rings. The largest absolute Gasteiger partial charge is 0.422 e. The Hall–Kier alpha value is -2.21. The zero-order valence-corrected chi connectivity index (χ0v) is 13.3. The first-order chi connectivity index (χ1) is 11.0. The lowest BCUT2D eigenvalue weighted by Gasteiger charge is -2.21. The third-order valence-corrected chi connectivity index (χ3v) is 4.35. The molecule has 6 heteroatoms. The number of halogens is 1. The van der Waals surface area contributed by atoms with Crippen molar-refractivity contribution in [1.29, 1.82) is 0 Å². The maximum Gasteiger partial charge on any atom is 0.349 e. The summed E-state index contributed by atoms with van der Waals surface area (Å²) in [5.74, 6) is -0.785. The van der Waals surface area contributed by atoms with Gasteiger partial charge in [0.25, 0.3) is 5.91 Å². The summed E-state index contributed by atoms with van der Waals surface area (Å²) in [6.45, 7) is 4.59. The molecule has 1 aliphatic rings.